The van der Waals surface area contributed by atoms with Crippen LogP contribution in [0.1, 0.15) is 17.0 Å². The van der Waals surface area contributed by atoms with Crippen molar-refractivity contribution in [3.63, 3.8) is 0 Å². The van der Waals surface area contributed by atoms with E-state index < -0.39 is 0 Å². The van der Waals surface area contributed by atoms with Gasteiger partial charge in [0.1, 0.15) is 11.3 Å². The summed E-state index contributed by atoms with van der Waals surface area (Å²) >= 11 is 0. The monoisotopic (exact) mass is 456 g/mol. The molecule has 10 heteroatoms. The first-order chi connectivity index (χ1) is 16.3. The predicted molar refractivity (Wildman–Crippen MR) is 127 cm³/mol. The van der Waals surface area contributed by atoms with Crippen molar-refractivity contribution in [2.45, 2.75) is 13.8 Å². The Morgan fingerprint density at radius 2 is 1.97 bits per heavy atom. The maximum atomic E-state index is 11.7. The molecule has 0 aliphatic rings. The van der Waals surface area contributed by atoms with E-state index in [-0.39, 0.29) is 17.9 Å². The highest BCUT2D eigenvalue weighted by Gasteiger charge is 2.11. The molecule has 0 fully saturated rings. The maximum Gasteiger partial charge on any atom is 0.214 e. The summed E-state index contributed by atoms with van der Waals surface area (Å²) in [6, 6.07) is 7.09. The van der Waals surface area contributed by atoms with Crippen LogP contribution >= 0.6 is 0 Å². The van der Waals surface area contributed by atoms with E-state index in [2.05, 4.69) is 15.2 Å². The van der Waals surface area contributed by atoms with Crippen molar-refractivity contribution in [2.24, 2.45) is 7.05 Å². The minimum absolute atomic E-state index is 0.0255. The summed E-state index contributed by atoms with van der Waals surface area (Å²) in [5, 5.41) is 24.7. The fourth-order valence-corrected chi connectivity index (χ4v) is 3.40. The molecule has 0 unspecified atom stereocenters. The summed E-state index contributed by atoms with van der Waals surface area (Å²) in [5.74, 6) is 0.596. The van der Waals surface area contributed by atoms with Gasteiger partial charge in [0.15, 0.2) is 5.76 Å². The summed E-state index contributed by atoms with van der Waals surface area (Å²) in [4.78, 5) is 17.5. The van der Waals surface area contributed by atoms with Crippen molar-refractivity contribution in [3.8, 4) is 22.5 Å². The van der Waals surface area contributed by atoms with E-state index in [0.29, 0.717) is 23.4 Å². The van der Waals surface area contributed by atoms with Gasteiger partial charge in [0.05, 0.1) is 24.1 Å². The van der Waals surface area contributed by atoms with Crippen LogP contribution < -0.4 is 5.49 Å². The van der Waals surface area contributed by atoms with Gasteiger partial charge in [0.2, 0.25) is 6.41 Å². The standard InChI is InChI=1S/C24H24N8O2/c1-16-8-19(20-11-28-30(3)12-20)10-27-21(16)6-7-31(15-33)14-24(26)32-13-18(4-5-23(32)25)22-9-17(2)29-34-22/h4-13,15,25-26H,14H2,1-3H3/b7-6-,25-23?,26-24?. The Morgan fingerprint density at radius 3 is 2.62 bits per heavy atom. The zero-order valence-corrected chi connectivity index (χ0v) is 19.1. The van der Waals surface area contributed by atoms with Gasteiger partial charge >= 0.3 is 0 Å². The molecule has 0 radical (unpaired) electrons. The quantitative estimate of drug-likeness (QED) is 0.251. The first-order valence-electron chi connectivity index (χ1n) is 10.5. The average Bonchev–Trinajstić information content (AvgIpc) is 3.45. The van der Waals surface area contributed by atoms with Crippen LogP contribution in [0.3, 0.4) is 0 Å². The lowest BCUT2D eigenvalue weighted by Gasteiger charge is -2.15. The van der Waals surface area contributed by atoms with Crippen molar-refractivity contribution in [1.29, 1.82) is 10.8 Å². The number of aromatic nitrogens is 5. The number of nitrogens with one attached hydrogen (secondary N) is 2. The first-order valence-corrected chi connectivity index (χ1v) is 10.5. The van der Waals surface area contributed by atoms with Crippen LogP contribution in [0.15, 0.2) is 59.8 Å². The first kappa shape index (κ1) is 22.6. The van der Waals surface area contributed by atoms with Crippen molar-refractivity contribution >= 4 is 18.3 Å². The molecule has 4 aromatic heterocycles. The minimum atomic E-state index is -0.0255. The summed E-state index contributed by atoms with van der Waals surface area (Å²) in [5.41, 5.74) is 5.12. The summed E-state index contributed by atoms with van der Waals surface area (Å²) in [7, 11) is 1.86. The van der Waals surface area contributed by atoms with Crippen molar-refractivity contribution in [2.75, 3.05) is 6.54 Å². The van der Waals surface area contributed by atoms with Crippen molar-refractivity contribution < 1.29 is 9.32 Å². The number of hydrogen-bond acceptors (Lipinski definition) is 7. The lowest BCUT2D eigenvalue weighted by Crippen LogP contribution is -2.34. The average molecular weight is 457 g/mol. The third kappa shape index (κ3) is 4.90. The molecule has 4 rings (SSSR count). The Kier molecular flexibility index (Phi) is 6.30. The van der Waals surface area contributed by atoms with Crippen LogP contribution in [0.4, 0.5) is 0 Å². The van der Waals surface area contributed by atoms with E-state index >= 15 is 0 Å². The van der Waals surface area contributed by atoms with Gasteiger partial charge in [-0.05, 0) is 43.7 Å². The number of hydrogen-bond donors (Lipinski definition) is 2. The maximum absolute atomic E-state index is 11.7. The fourth-order valence-electron chi connectivity index (χ4n) is 3.40. The molecular formula is C24H24N8O2. The van der Waals surface area contributed by atoms with E-state index in [1.54, 1.807) is 53.7 Å². The second-order valence-electron chi connectivity index (χ2n) is 7.87. The van der Waals surface area contributed by atoms with Gasteiger partial charge in [0, 0.05) is 54.6 Å². The molecule has 4 heterocycles. The number of rotatable bonds is 7. The van der Waals surface area contributed by atoms with Gasteiger partial charge in [-0.25, -0.2) is 0 Å². The summed E-state index contributed by atoms with van der Waals surface area (Å²) in [6.45, 7) is 3.74. The number of aryl methyl sites for hydroxylation is 3. The van der Waals surface area contributed by atoms with Crippen LogP contribution in [-0.4, -0.2) is 48.2 Å². The normalized spacial score (nSPS) is 11.1. The van der Waals surface area contributed by atoms with E-state index in [0.717, 1.165) is 22.4 Å². The zero-order chi connectivity index (χ0) is 24.2. The molecule has 34 heavy (non-hydrogen) atoms. The largest absolute Gasteiger partial charge is 0.356 e. The summed E-state index contributed by atoms with van der Waals surface area (Å²) in [6.07, 6.45) is 11.0. The van der Waals surface area contributed by atoms with E-state index in [1.165, 1.54) is 9.47 Å². The highest BCUT2D eigenvalue weighted by atomic mass is 16.5. The minimum Gasteiger partial charge on any atom is -0.356 e. The van der Waals surface area contributed by atoms with Gasteiger partial charge < -0.3 is 9.42 Å². The molecule has 0 aromatic carbocycles. The SMILES string of the molecule is Cc1cc(-c2ccc(=N)n(C(=N)CN(C=O)/C=C\c3ncc(-c4cnn(C)c4)cc3C)c2)on1. The zero-order valence-electron chi connectivity index (χ0n) is 19.1. The molecule has 2 N–H and O–H groups in total. The molecule has 0 atom stereocenters. The van der Waals surface area contributed by atoms with Crippen LogP contribution in [0.5, 0.6) is 0 Å². The molecule has 4 aromatic rings. The van der Waals surface area contributed by atoms with E-state index in [9.17, 15) is 4.79 Å². The molecule has 1 amide bonds. The Labute approximate surface area is 195 Å². The highest BCUT2D eigenvalue weighted by Crippen LogP contribution is 2.21. The molecule has 0 saturated carbocycles. The molecule has 0 saturated heterocycles. The predicted octanol–water partition coefficient (Wildman–Crippen LogP) is 2.99. The Morgan fingerprint density at radius 1 is 1.15 bits per heavy atom. The third-order valence-corrected chi connectivity index (χ3v) is 5.20. The Balaban J connectivity index is 1.50. The smallest absolute Gasteiger partial charge is 0.214 e. The summed E-state index contributed by atoms with van der Waals surface area (Å²) < 4.78 is 8.41. The third-order valence-electron chi connectivity index (χ3n) is 5.20. The van der Waals surface area contributed by atoms with Gasteiger partial charge in [-0.2, -0.15) is 5.10 Å². The highest BCUT2D eigenvalue weighted by molar-refractivity contribution is 5.85. The topological polar surface area (TPSA) is 130 Å². The number of amides is 1. The number of nitrogens with zero attached hydrogens (tertiary/aromatic N) is 6. The lowest BCUT2D eigenvalue weighted by molar-refractivity contribution is -0.115. The number of pyridine rings is 2. The van der Waals surface area contributed by atoms with Crippen LogP contribution in [0.25, 0.3) is 28.5 Å². The number of carbonyl (C=O) groups excluding carboxylic acids is 1. The van der Waals surface area contributed by atoms with Crippen molar-refractivity contribution in [3.05, 3.63) is 77.7 Å². The molecule has 172 valence electrons. The molecule has 0 aliphatic carbocycles. The second-order valence-corrected chi connectivity index (χ2v) is 7.87. The van der Waals surface area contributed by atoms with Gasteiger partial charge in [0.25, 0.3) is 0 Å². The fraction of sp³-hybridized carbons (Fsp3) is 0.167. The Bertz CT molecular complexity index is 1440. The molecular weight excluding hydrogens is 432 g/mol. The van der Waals surface area contributed by atoms with Crippen molar-refractivity contribution in [1.82, 2.24) is 29.4 Å². The van der Waals surface area contributed by atoms with E-state index in [4.69, 9.17) is 15.3 Å². The Hall–Kier alpha value is -4.60. The molecule has 0 spiro atoms. The van der Waals surface area contributed by atoms with Crippen LogP contribution in [0, 0.1) is 24.7 Å². The second kappa shape index (κ2) is 9.49. The lowest BCUT2D eigenvalue weighted by atomic mass is 10.1. The van der Waals surface area contributed by atoms with Gasteiger partial charge in [-0.1, -0.05) is 5.16 Å². The van der Waals surface area contributed by atoms with E-state index in [1.807, 2.05) is 33.2 Å². The van der Waals surface area contributed by atoms with Crippen LogP contribution in [0.2, 0.25) is 0 Å². The molecule has 0 aliphatic heterocycles. The van der Waals surface area contributed by atoms with Crippen LogP contribution in [-0.2, 0) is 11.8 Å². The van der Waals surface area contributed by atoms with Gasteiger partial charge in [-0.3, -0.25) is 29.8 Å². The van der Waals surface area contributed by atoms with Gasteiger partial charge in [-0.15, -0.1) is 0 Å². The number of carbonyl (C=O) groups is 1. The molecule has 0 bridgehead atoms. The molecule has 10 nitrogen and oxygen atoms in total.